The zero-order valence-corrected chi connectivity index (χ0v) is 13.3. The standard InChI is InChI=1S/C14H20BrNO3/c1-9(2)19-13(17)8-18-14-10(3)5-12(15)6-11(14)7-16-4/h5-6,9,16H,7-8H2,1-4H3. The van der Waals surface area contributed by atoms with Gasteiger partial charge in [-0.2, -0.15) is 0 Å². The second-order valence-electron chi connectivity index (χ2n) is 4.57. The smallest absolute Gasteiger partial charge is 0.344 e. The molecule has 0 amide bonds. The van der Waals surface area contributed by atoms with Crippen LogP contribution in [0.2, 0.25) is 0 Å². The van der Waals surface area contributed by atoms with Crippen LogP contribution in [-0.4, -0.2) is 25.7 Å². The average molecular weight is 330 g/mol. The molecule has 1 rings (SSSR count). The third kappa shape index (κ3) is 5.20. The van der Waals surface area contributed by atoms with Gasteiger partial charge in [0.2, 0.25) is 0 Å². The maximum atomic E-state index is 11.5. The highest BCUT2D eigenvalue weighted by atomic mass is 79.9. The van der Waals surface area contributed by atoms with E-state index in [2.05, 4.69) is 21.2 Å². The number of halogens is 1. The van der Waals surface area contributed by atoms with Crippen molar-refractivity contribution in [3.05, 3.63) is 27.7 Å². The number of rotatable bonds is 6. The molecule has 0 unspecified atom stereocenters. The van der Waals surface area contributed by atoms with Crippen molar-refractivity contribution in [2.45, 2.75) is 33.4 Å². The van der Waals surface area contributed by atoms with Crippen LogP contribution in [0, 0.1) is 6.92 Å². The predicted octanol–water partition coefficient (Wildman–Crippen LogP) is 2.81. The molecule has 5 heteroatoms. The lowest BCUT2D eigenvalue weighted by Gasteiger charge is -2.15. The van der Waals surface area contributed by atoms with Crippen molar-refractivity contribution in [2.24, 2.45) is 0 Å². The topological polar surface area (TPSA) is 47.6 Å². The number of carbonyl (C=O) groups is 1. The van der Waals surface area contributed by atoms with Crippen LogP contribution in [0.3, 0.4) is 0 Å². The fourth-order valence-corrected chi connectivity index (χ4v) is 2.38. The highest BCUT2D eigenvalue weighted by Gasteiger charge is 2.12. The van der Waals surface area contributed by atoms with Gasteiger partial charge in [-0.05, 0) is 45.5 Å². The number of hydrogen-bond donors (Lipinski definition) is 1. The van der Waals surface area contributed by atoms with Gasteiger partial charge in [-0.25, -0.2) is 4.79 Å². The van der Waals surface area contributed by atoms with E-state index in [1.54, 1.807) is 0 Å². The minimum Gasteiger partial charge on any atom is -0.481 e. The number of nitrogens with one attached hydrogen (secondary N) is 1. The Bertz CT molecular complexity index is 447. The number of benzene rings is 1. The van der Waals surface area contributed by atoms with Crippen molar-refractivity contribution < 1.29 is 14.3 Å². The van der Waals surface area contributed by atoms with Crippen LogP contribution >= 0.6 is 15.9 Å². The maximum absolute atomic E-state index is 11.5. The molecular weight excluding hydrogens is 310 g/mol. The Hall–Kier alpha value is -1.07. The van der Waals surface area contributed by atoms with Gasteiger partial charge >= 0.3 is 5.97 Å². The van der Waals surface area contributed by atoms with Gasteiger partial charge < -0.3 is 14.8 Å². The second kappa shape index (κ2) is 7.50. The normalized spacial score (nSPS) is 10.6. The summed E-state index contributed by atoms with van der Waals surface area (Å²) in [5.41, 5.74) is 1.99. The summed E-state index contributed by atoms with van der Waals surface area (Å²) in [5, 5.41) is 3.08. The van der Waals surface area contributed by atoms with Crippen molar-refractivity contribution in [3.8, 4) is 5.75 Å². The predicted molar refractivity (Wildman–Crippen MR) is 78.4 cm³/mol. The van der Waals surface area contributed by atoms with E-state index in [9.17, 15) is 4.79 Å². The Morgan fingerprint density at radius 2 is 2.11 bits per heavy atom. The van der Waals surface area contributed by atoms with Crippen molar-refractivity contribution in [3.63, 3.8) is 0 Å². The van der Waals surface area contributed by atoms with Gasteiger partial charge in [0.25, 0.3) is 0 Å². The van der Waals surface area contributed by atoms with E-state index in [-0.39, 0.29) is 18.7 Å². The molecule has 0 atom stereocenters. The molecule has 1 aromatic carbocycles. The number of esters is 1. The van der Waals surface area contributed by atoms with Gasteiger partial charge in [-0.3, -0.25) is 0 Å². The summed E-state index contributed by atoms with van der Waals surface area (Å²) in [6.45, 7) is 6.18. The van der Waals surface area contributed by atoms with Crippen molar-refractivity contribution >= 4 is 21.9 Å². The minimum absolute atomic E-state index is 0.0721. The molecule has 0 saturated carbocycles. The quantitative estimate of drug-likeness (QED) is 0.815. The highest BCUT2D eigenvalue weighted by Crippen LogP contribution is 2.28. The molecule has 0 radical (unpaired) electrons. The molecule has 1 N–H and O–H groups in total. The maximum Gasteiger partial charge on any atom is 0.344 e. The van der Waals surface area contributed by atoms with E-state index >= 15 is 0 Å². The molecule has 0 aliphatic rings. The van der Waals surface area contributed by atoms with Gasteiger partial charge in [0.1, 0.15) is 5.75 Å². The van der Waals surface area contributed by atoms with Gasteiger partial charge in [-0.1, -0.05) is 15.9 Å². The molecule has 0 aromatic heterocycles. The van der Waals surface area contributed by atoms with E-state index in [0.29, 0.717) is 6.54 Å². The second-order valence-corrected chi connectivity index (χ2v) is 5.48. The Balaban J connectivity index is 2.79. The summed E-state index contributed by atoms with van der Waals surface area (Å²) < 4.78 is 11.6. The fourth-order valence-electron chi connectivity index (χ4n) is 1.76. The molecule has 19 heavy (non-hydrogen) atoms. The van der Waals surface area contributed by atoms with E-state index in [1.807, 2.05) is 40.0 Å². The van der Waals surface area contributed by atoms with Gasteiger partial charge in [0.15, 0.2) is 6.61 Å². The molecule has 1 aromatic rings. The summed E-state index contributed by atoms with van der Waals surface area (Å²) in [5.74, 6) is 0.381. The first-order valence-corrected chi connectivity index (χ1v) is 6.99. The van der Waals surface area contributed by atoms with Gasteiger partial charge in [0.05, 0.1) is 6.10 Å². The van der Waals surface area contributed by atoms with E-state index in [0.717, 1.165) is 21.3 Å². The van der Waals surface area contributed by atoms with Gasteiger partial charge in [0, 0.05) is 16.6 Å². The molecular formula is C14H20BrNO3. The number of carbonyl (C=O) groups excluding carboxylic acids is 1. The Labute approximate surface area is 122 Å². The molecule has 0 aliphatic heterocycles. The Morgan fingerprint density at radius 1 is 1.42 bits per heavy atom. The molecule has 0 bridgehead atoms. The number of aryl methyl sites for hydroxylation is 1. The largest absolute Gasteiger partial charge is 0.481 e. The lowest BCUT2D eigenvalue weighted by Crippen LogP contribution is -2.20. The van der Waals surface area contributed by atoms with Crippen molar-refractivity contribution in [2.75, 3.05) is 13.7 Å². The van der Waals surface area contributed by atoms with Crippen LogP contribution in [0.25, 0.3) is 0 Å². The van der Waals surface area contributed by atoms with Crippen molar-refractivity contribution in [1.82, 2.24) is 5.32 Å². The first-order valence-electron chi connectivity index (χ1n) is 6.20. The SMILES string of the molecule is CNCc1cc(Br)cc(C)c1OCC(=O)OC(C)C. The lowest BCUT2D eigenvalue weighted by atomic mass is 10.1. The van der Waals surface area contributed by atoms with Crippen LogP contribution in [0.5, 0.6) is 5.75 Å². The number of ether oxygens (including phenoxy) is 2. The highest BCUT2D eigenvalue weighted by molar-refractivity contribution is 9.10. The summed E-state index contributed by atoms with van der Waals surface area (Å²) in [4.78, 5) is 11.5. The van der Waals surface area contributed by atoms with Crippen LogP contribution in [0.15, 0.2) is 16.6 Å². The monoisotopic (exact) mass is 329 g/mol. The average Bonchev–Trinajstić information content (AvgIpc) is 2.26. The third-order valence-electron chi connectivity index (χ3n) is 2.39. The molecule has 4 nitrogen and oxygen atoms in total. The first-order chi connectivity index (χ1) is 8.93. The summed E-state index contributed by atoms with van der Waals surface area (Å²) in [7, 11) is 1.87. The van der Waals surface area contributed by atoms with E-state index in [4.69, 9.17) is 9.47 Å². The van der Waals surface area contributed by atoms with E-state index < -0.39 is 0 Å². The van der Waals surface area contributed by atoms with Crippen LogP contribution in [0.4, 0.5) is 0 Å². The van der Waals surface area contributed by atoms with Crippen LogP contribution < -0.4 is 10.1 Å². The Kier molecular flexibility index (Phi) is 6.31. The van der Waals surface area contributed by atoms with Crippen molar-refractivity contribution in [1.29, 1.82) is 0 Å². The summed E-state index contributed by atoms with van der Waals surface area (Å²) >= 11 is 3.45. The first kappa shape index (κ1) is 16.0. The summed E-state index contributed by atoms with van der Waals surface area (Å²) in [6.07, 6.45) is -0.126. The van der Waals surface area contributed by atoms with Crippen LogP contribution in [0.1, 0.15) is 25.0 Å². The minimum atomic E-state index is -0.354. The van der Waals surface area contributed by atoms with E-state index in [1.165, 1.54) is 0 Å². The summed E-state index contributed by atoms with van der Waals surface area (Å²) in [6, 6.07) is 3.94. The number of hydrogen-bond acceptors (Lipinski definition) is 4. The molecule has 0 aliphatic carbocycles. The third-order valence-corrected chi connectivity index (χ3v) is 2.84. The zero-order chi connectivity index (χ0) is 14.4. The molecule has 0 spiro atoms. The molecule has 0 fully saturated rings. The molecule has 106 valence electrons. The molecule has 0 heterocycles. The lowest BCUT2D eigenvalue weighted by molar-refractivity contribution is -0.149. The fraction of sp³-hybridized carbons (Fsp3) is 0.500. The Morgan fingerprint density at radius 3 is 2.68 bits per heavy atom. The zero-order valence-electron chi connectivity index (χ0n) is 11.7. The van der Waals surface area contributed by atoms with Crippen LogP contribution in [-0.2, 0) is 16.1 Å². The van der Waals surface area contributed by atoms with Gasteiger partial charge in [-0.15, -0.1) is 0 Å². The molecule has 0 saturated heterocycles.